The minimum Gasteiger partial charge on any atom is -0.479 e. The fraction of sp³-hybridized carbons (Fsp3) is 0.273. The molecule has 0 fully saturated rings. The van der Waals surface area contributed by atoms with E-state index in [0.29, 0.717) is 11.1 Å². The van der Waals surface area contributed by atoms with Crippen LogP contribution in [0.25, 0.3) is 11.0 Å². The van der Waals surface area contributed by atoms with Gasteiger partial charge in [-0.3, -0.25) is 0 Å². The molecule has 5 heteroatoms. The highest BCUT2D eigenvalue weighted by Gasteiger charge is 2.20. The Morgan fingerprint density at radius 2 is 2.19 bits per heavy atom. The quantitative estimate of drug-likeness (QED) is 0.791. The molecule has 0 spiro atoms. The van der Waals surface area contributed by atoms with Crippen molar-refractivity contribution in [1.29, 1.82) is 0 Å². The summed E-state index contributed by atoms with van der Waals surface area (Å²) in [5.74, 6) is -0.490. The lowest BCUT2D eigenvalue weighted by Crippen LogP contribution is -2.10. The minimum atomic E-state index is -1.53. The molecule has 0 bridgehead atoms. The SMILES string of the molecule is Cc1nc2c(C(O)C(=O)O)cccc2n1C. The average molecular weight is 220 g/mol. The monoisotopic (exact) mass is 220 g/mol. The van der Waals surface area contributed by atoms with Gasteiger partial charge in [0.1, 0.15) is 5.82 Å². The second kappa shape index (κ2) is 3.61. The van der Waals surface area contributed by atoms with Crippen LogP contribution in [0.2, 0.25) is 0 Å². The van der Waals surface area contributed by atoms with Crippen LogP contribution in [0.15, 0.2) is 18.2 Å². The number of aliphatic carboxylic acids is 1. The van der Waals surface area contributed by atoms with Crippen LogP contribution >= 0.6 is 0 Å². The molecule has 1 aromatic heterocycles. The van der Waals surface area contributed by atoms with Crippen molar-refractivity contribution in [2.24, 2.45) is 7.05 Å². The standard InChI is InChI=1S/C11H12N2O3/c1-6-12-9-7(10(14)11(15)16)4-3-5-8(9)13(6)2/h3-5,10,14H,1-2H3,(H,15,16). The highest BCUT2D eigenvalue weighted by Crippen LogP contribution is 2.24. The first-order chi connectivity index (χ1) is 7.52. The van der Waals surface area contributed by atoms with Gasteiger partial charge in [0.2, 0.25) is 0 Å². The molecule has 84 valence electrons. The van der Waals surface area contributed by atoms with E-state index < -0.39 is 12.1 Å². The number of hydrogen-bond acceptors (Lipinski definition) is 3. The molecule has 0 radical (unpaired) electrons. The molecule has 16 heavy (non-hydrogen) atoms. The van der Waals surface area contributed by atoms with Gasteiger partial charge in [-0.2, -0.15) is 0 Å². The van der Waals surface area contributed by atoms with E-state index in [4.69, 9.17) is 5.11 Å². The summed E-state index contributed by atoms with van der Waals surface area (Å²) >= 11 is 0. The molecule has 0 aliphatic rings. The van der Waals surface area contributed by atoms with Crippen LogP contribution in [0.1, 0.15) is 17.5 Å². The van der Waals surface area contributed by atoms with Gasteiger partial charge >= 0.3 is 5.97 Å². The average Bonchev–Trinajstić information content (AvgIpc) is 2.54. The van der Waals surface area contributed by atoms with Gasteiger partial charge in [0.25, 0.3) is 0 Å². The minimum absolute atomic E-state index is 0.328. The molecule has 1 heterocycles. The number of aryl methyl sites for hydroxylation is 2. The van der Waals surface area contributed by atoms with E-state index in [1.807, 2.05) is 24.6 Å². The van der Waals surface area contributed by atoms with E-state index in [-0.39, 0.29) is 0 Å². The van der Waals surface area contributed by atoms with Crippen molar-refractivity contribution in [2.75, 3.05) is 0 Å². The predicted molar refractivity (Wildman–Crippen MR) is 58.0 cm³/mol. The predicted octanol–water partition coefficient (Wildman–Crippen LogP) is 1.000. The van der Waals surface area contributed by atoms with Crippen LogP contribution < -0.4 is 0 Å². The molecular formula is C11H12N2O3. The first-order valence-electron chi connectivity index (χ1n) is 4.85. The number of carbonyl (C=O) groups is 1. The summed E-state index contributed by atoms with van der Waals surface area (Å²) in [7, 11) is 1.85. The molecule has 5 nitrogen and oxygen atoms in total. The number of fused-ring (bicyclic) bond motifs is 1. The number of aromatic nitrogens is 2. The number of imidazole rings is 1. The van der Waals surface area contributed by atoms with E-state index in [9.17, 15) is 9.90 Å². The van der Waals surface area contributed by atoms with Crippen LogP contribution in [-0.2, 0) is 11.8 Å². The number of carboxylic acids is 1. The molecule has 1 unspecified atom stereocenters. The summed E-state index contributed by atoms with van der Waals surface area (Å²) in [5.41, 5.74) is 1.68. The molecule has 2 rings (SSSR count). The van der Waals surface area contributed by atoms with Crippen LogP contribution in [0.3, 0.4) is 0 Å². The molecule has 0 aliphatic carbocycles. The number of benzene rings is 1. The van der Waals surface area contributed by atoms with Gasteiger partial charge in [0, 0.05) is 12.6 Å². The van der Waals surface area contributed by atoms with E-state index in [1.54, 1.807) is 12.1 Å². The third-order valence-corrected chi connectivity index (χ3v) is 2.69. The largest absolute Gasteiger partial charge is 0.479 e. The van der Waals surface area contributed by atoms with E-state index >= 15 is 0 Å². The molecule has 2 aromatic rings. The first-order valence-corrected chi connectivity index (χ1v) is 4.85. The summed E-state index contributed by atoms with van der Waals surface area (Å²) in [5, 5.41) is 18.3. The van der Waals surface area contributed by atoms with Crippen LogP contribution in [0.4, 0.5) is 0 Å². The van der Waals surface area contributed by atoms with Gasteiger partial charge in [-0.1, -0.05) is 12.1 Å². The smallest absolute Gasteiger partial charge is 0.337 e. The highest BCUT2D eigenvalue weighted by atomic mass is 16.4. The summed E-state index contributed by atoms with van der Waals surface area (Å²) in [6.45, 7) is 1.83. The van der Waals surface area contributed by atoms with Gasteiger partial charge in [-0.25, -0.2) is 9.78 Å². The normalized spacial score (nSPS) is 12.9. The summed E-state index contributed by atoms with van der Waals surface area (Å²) < 4.78 is 1.85. The maximum atomic E-state index is 10.8. The Morgan fingerprint density at radius 1 is 1.50 bits per heavy atom. The number of aliphatic hydroxyl groups excluding tert-OH is 1. The zero-order valence-corrected chi connectivity index (χ0v) is 9.01. The van der Waals surface area contributed by atoms with Crippen molar-refractivity contribution in [3.8, 4) is 0 Å². The van der Waals surface area contributed by atoms with Crippen molar-refractivity contribution in [2.45, 2.75) is 13.0 Å². The molecule has 0 aliphatic heterocycles. The third-order valence-electron chi connectivity index (χ3n) is 2.69. The Balaban J connectivity index is 2.71. The van der Waals surface area contributed by atoms with Crippen LogP contribution in [0.5, 0.6) is 0 Å². The number of rotatable bonds is 2. The molecular weight excluding hydrogens is 208 g/mol. The van der Waals surface area contributed by atoms with Crippen molar-refractivity contribution in [3.63, 3.8) is 0 Å². The Kier molecular flexibility index (Phi) is 2.40. The fourth-order valence-corrected chi connectivity index (χ4v) is 1.71. The van der Waals surface area contributed by atoms with Crippen molar-refractivity contribution >= 4 is 17.0 Å². The molecule has 0 saturated heterocycles. The van der Waals surface area contributed by atoms with Gasteiger partial charge in [-0.05, 0) is 13.0 Å². The van der Waals surface area contributed by atoms with Crippen LogP contribution in [0, 0.1) is 6.92 Å². The van der Waals surface area contributed by atoms with Gasteiger partial charge < -0.3 is 14.8 Å². The van der Waals surface area contributed by atoms with E-state index in [2.05, 4.69) is 4.98 Å². The number of para-hydroxylation sites is 1. The number of nitrogens with zero attached hydrogens (tertiary/aromatic N) is 2. The second-order valence-electron chi connectivity index (χ2n) is 3.67. The maximum absolute atomic E-state index is 10.8. The number of aliphatic hydroxyl groups is 1. The van der Waals surface area contributed by atoms with Crippen molar-refractivity contribution in [3.05, 3.63) is 29.6 Å². The zero-order valence-electron chi connectivity index (χ0n) is 9.01. The number of carboxylic acid groups (broad SMARTS) is 1. The topological polar surface area (TPSA) is 75.3 Å². The van der Waals surface area contributed by atoms with Crippen molar-refractivity contribution < 1.29 is 15.0 Å². The number of hydrogen-bond donors (Lipinski definition) is 2. The lowest BCUT2D eigenvalue weighted by Gasteiger charge is -2.06. The van der Waals surface area contributed by atoms with Gasteiger partial charge in [0.05, 0.1) is 11.0 Å². The van der Waals surface area contributed by atoms with Gasteiger partial charge in [0.15, 0.2) is 6.10 Å². The summed E-state index contributed by atoms with van der Waals surface area (Å²) in [4.78, 5) is 15.0. The molecule has 0 amide bonds. The molecule has 1 atom stereocenters. The fourth-order valence-electron chi connectivity index (χ4n) is 1.71. The van der Waals surface area contributed by atoms with Gasteiger partial charge in [-0.15, -0.1) is 0 Å². The Morgan fingerprint density at radius 3 is 2.81 bits per heavy atom. The Bertz CT molecular complexity index is 560. The Labute approximate surface area is 92.0 Å². The zero-order chi connectivity index (χ0) is 11.9. The Hall–Kier alpha value is -1.88. The molecule has 2 N–H and O–H groups in total. The van der Waals surface area contributed by atoms with Crippen LogP contribution in [-0.4, -0.2) is 25.7 Å². The lowest BCUT2D eigenvalue weighted by atomic mass is 10.1. The van der Waals surface area contributed by atoms with E-state index in [1.165, 1.54) is 0 Å². The highest BCUT2D eigenvalue weighted by molar-refractivity contribution is 5.85. The maximum Gasteiger partial charge on any atom is 0.337 e. The summed E-state index contributed by atoms with van der Waals surface area (Å²) in [6.07, 6.45) is -1.53. The summed E-state index contributed by atoms with van der Waals surface area (Å²) in [6, 6.07) is 5.13. The molecule has 0 saturated carbocycles. The molecule has 1 aromatic carbocycles. The van der Waals surface area contributed by atoms with E-state index in [0.717, 1.165) is 11.3 Å². The second-order valence-corrected chi connectivity index (χ2v) is 3.67. The third kappa shape index (κ3) is 1.45. The lowest BCUT2D eigenvalue weighted by molar-refractivity contribution is -0.146. The first kappa shape index (κ1) is 10.6. The van der Waals surface area contributed by atoms with Crippen molar-refractivity contribution in [1.82, 2.24) is 9.55 Å².